The van der Waals surface area contributed by atoms with Gasteiger partial charge in [-0.3, -0.25) is 4.79 Å². The van der Waals surface area contributed by atoms with Gasteiger partial charge in [-0.2, -0.15) is 0 Å². The fourth-order valence-corrected chi connectivity index (χ4v) is 4.95. The summed E-state index contributed by atoms with van der Waals surface area (Å²) < 4.78 is 4.94. The zero-order valence-electron chi connectivity index (χ0n) is 20.1. The second-order valence-electron chi connectivity index (χ2n) is 9.53. The molecule has 1 unspecified atom stereocenters. The van der Waals surface area contributed by atoms with Crippen LogP contribution in [0.25, 0.3) is 11.1 Å². The normalized spacial score (nSPS) is 16.8. The van der Waals surface area contributed by atoms with Crippen LogP contribution in [0.2, 0.25) is 0 Å². The van der Waals surface area contributed by atoms with Crippen molar-refractivity contribution in [1.82, 2.24) is 10.2 Å². The standard InChI is InChI=1S/C27H33N3O4/c1-17(2)24(26(32)34-3)30-16-20-10-9-19(15-23(20)25(30)31)18-11-13-22(14-12-18)29-27(33)28-21-7-5-4-6-8-21/h9-15,17,21,24H,4-8,16H2,1-3H3,(H2,28,29,33). The molecule has 0 bridgehead atoms. The van der Waals surface area contributed by atoms with E-state index in [1.165, 1.54) is 26.4 Å². The Balaban J connectivity index is 1.44. The fourth-order valence-electron chi connectivity index (χ4n) is 4.95. The Morgan fingerprint density at radius 3 is 2.32 bits per heavy atom. The first-order valence-corrected chi connectivity index (χ1v) is 12.1. The molecule has 1 aliphatic heterocycles. The minimum atomic E-state index is -0.613. The molecule has 34 heavy (non-hydrogen) atoms. The van der Waals surface area contributed by atoms with Crippen molar-refractivity contribution in [2.45, 2.75) is 64.6 Å². The number of urea groups is 1. The number of anilines is 1. The average Bonchev–Trinajstić information content (AvgIpc) is 3.15. The van der Waals surface area contributed by atoms with Crippen LogP contribution in [0.1, 0.15) is 61.9 Å². The minimum absolute atomic E-state index is 0.0551. The van der Waals surface area contributed by atoms with Crippen LogP contribution in [0.15, 0.2) is 42.5 Å². The van der Waals surface area contributed by atoms with Crippen LogP contribution in [0, 0.1) is 5.92 Å². The van der Waals surface area contributed by atoms with Crippen molar-refractivity contribution in [1.29, 1.82) is 0 Å². The number of hydrogen-bond acceptors (Lipinski definition) is 4. The topological polar surface area (TPSA) is 87.7 Å². The maximum absolute atomic E-state index is 13.1. The second-order valence-corrected chi connectivity index (χ2v) is 9.53. The van der Waals surface area contributed by atoms with Gasteiger partial charge < -0.3 is 20.3 Å². The van der Waals surface area contributed by atoms with Gasteiger partial charge in [-0.15, -0.1) is 0 Å². The van der Waals surface area contributed by atoms with E-state index in [9.17, 15) is 14.4 Å². The number of carbonyl (C=O) groups excluding carboxylic acids is 3. The van der Waals surface area contributed by atoms with Crippen molar-refractivity contribution in [2.75, 3.05) is 12.4 Å². The molecule has 3 amide bonds. The van der Waals surface area contributed by atoms with Crippen molar-refractivity contribution in [2.24, 2.45) is 5.92 Å². The largest absolute Gasteiger partial charge is 0.467 e. The summed E-state index contributed by atoms with van der Waals surface area (Å²) in [6, 6.07) is 12.9. The van der Waals surface area contributed by atoms with Crippen molar-refractivity contribution in [3.05, 3.63) is 53.6 Å². The van der Waals surface area contributed by atoms with E-state index >= 15 is 0 Å². The second kappa shape index (κ2) is 10.3. The summed E-state index contributed by atoms with van der Waals surface area (Å²) in [4.78, 5) is 39.3. The van der Waals surface area contributed by atoms with Crippen molar-refractivity contribution >= 4 is 23.6 Å². The molecule has 2 N–H and O–H groups in total. The summed E-state index contributed by atoms with van der Waals surface area (Å²) in [5.74, 6) is -0.605. The SMILES string of the molecule is COC(=O)C(C(C)C)N1Cc2ccc(-c3ccc(NC(=O)NC4CCCCC4)cc3)cc2C1=O. The number of nitrogens with one attached hydrogen (secondary N) is 2. The summed E-state index contributed by atoms with van der Waals surface area (Å²) in [6.07, 6.45) is 5.66. The molecule has 0 radical (unpaired) electrons. The molecular weight excluding hydrogens is 430 g/mol. The third-order valence-electron chi connectivity index (χ3n) is 6.77. The monoisotopic (exact) mass is 463 g/mol. The van der Waals surface area contributed by atoms with E-state index in [-0.39, 0.29) is 23.9 Å². The van der Waals surface area contributed by atoms with Gasteiger partial charge in [0.1, 0.15) is 6.04 Å². The van der Waals surface area contributed by atoms with Crippen LogP contribution in [0.4, 0.5) is 10.5 Å². The number of nitrogens with zero attached hydrogens (tertiary/aromatic N) is 1. The molecule has 4 rings (SSSR count). The zero-order chi connectivity index (χ0) is 24.2. The summed E-state index contributed by atoms with van der Waals surface area (Å²) in [5.41, 5.74) is 4.09. The van der Waals surface area contributed by atoms with Gasteiger partial charge >= 0.3 is 12.0 Å². The maximum atomic E-state index is 13.1. The third kappa shape index (κ3) is 5.08. The lowest BCUT2D eigenvalue weighted by molar-refractivity contribution is -0.147. The first-order chi connectivity index (χ1) is 16.4. The number of amides is 3. The number of fused-ring (bicyclic) bond motifs is 1. The lowest BCUT2D eigenvalue weighted by Crippen LogP contribution is -2.45. The van der Waals surface area contributed by atoms with Gasteiger partial charge in [-0.25, -0.2) is 9.59 Å². The van der Waals surface area contributed by atoms with Crippen molar-refractivity contribution in [3.8, 4) is 11.1 Å². The van der Waals surface area contributed by atoms with Gasteiger partial charge in [0.2, 0.25) is 0 Å². The smallest absolute Gasteiger partial charge is 0.328 e. The Bertz CT molecular complexity index is 1060. The van der Waals surface area contributed by atoms with Gasteiger partial charge in [0.05, 0.1) is 7.11 Å². The number of rotatable bonds is 6. The molecule has 2 aromatic rings. The van der Waals surface area contributed by atoms with E-state index in [1.807, 2.05) is 56.3 Å². The highest BCUT2D eigenvalue weighted by atomic mass is 16.5. The van der Waals surface area contributed by atoms with E-state index in [2.05, 4.69) is 10.6 Å². The molecule has 1 atom stereocenters. The quantitative estimate of drug-likeness (QED) is 0.593. The molecule has 7 heteroatoms. The Morgan fingerprint density at radius 1 is 1.00 bits per heavy atom. The van der Waals surface area contributed by atoms with Crippen LogP contribution in [-0.4, -0.2) is 42.0 Å². The molecule has 0 aromatic heterocycles. The molecule has 1 saturated carbocycles. The molecule has 1 fully saturated rings. The molecule has 2 aromatic carbocycles. The van der Waals surface area contributed by atoms with Crippen LogP contribution >= 0.6 is 0 Å². The minimum Gasteiger partial charge on any atom is -0.467 e. The summed E-state index contributed by atoms with van der Waals surface area (Å²) in [7, 11) is 1.35. The number of carbonyl (C=O) groups is 3. The van der Waals surface area contributed by atoms with Gasteiger partial charge in [0.15, 0.2) is 0 Å². The number of esters is 1. The number of hydrogen-bond donors (Lipinski definition) is 2. The predicted octanol–water partition coefficient (Wildman–Crippen LogP) is 4.96. The van der Waals surface area contributed by atoms with Crippen LogP contribution in [0.5, 0.6) is 0 Å². The van der Waals surface area contributed by atoms with Crippen molar-refractivity contribution in [3.63, 3.8) is 0 Å². The Labute approximate surface area is 200 Å². The molecule has 1 heterocycles. The highest BCUT2D eigenvalue weighted by molar-refractivity contribution is 6.01. The summed E-state index contributed by atoms with van der Waals surface area (Å²) in [6.45, 7) is 4.22. The Morgan fingerprint density at radius 2 is 1.68 bits per heavy atom. The first-order valence-electron chi connectivity index (χ1n) is 12.1. The third-order valence-corrected chi connectivity index (χ3v) is 6.77. The fraction of sp³-hybridized carbons (Fsp3) is 0.444. The number of methoxy groups -OCH3 is 1. The first kappa shape index (κ1) is 23.8. The zero-order valence-corrected chi connectivity index (χ0v) is 20.1. The molecule has 0 spiro atoms. The average molecular weight is 464 g/mol. The Hall–Kier alpha value is -3.35. The van der Waals surface area contributed by atoms with Gasteiger partial charge in [0.25, 0.3) is 5.91 Å². The highest BCUT2D eigenvalue weighted by Crippen LogP contribution is 2.32. The molecule has 1 aliphatic carbocycles. The number of benzene rings is 2. The van der Waals surface area contributed by atoms with Crippen LogP contribution in [0.3, 0.4) is 0 Å². The van der Waals surface area contributed by atoms with Gasteiger partial charge in [-0.05, 0) is 53.6 Å². The van der Waals surface area contributed by atoms with Crippen LogP contribution < -0.4 is 10.6 Å². The van der Waals surface area contributed by atoms with Crippen LogP contribution in [-0.2, 0) is 16.1 Å². The predicted molar refractivity (Wildman–Crippen MR) is 131 cm³/mol. The molecular formula is C27H33N3O4. The number of ether oxygens (including phenoxy) is 1. The van der Waals surface area contributed by atoms with E-state index in [1.54, 1.807) is 4.90 Å². The lowest BCUT2D eigenvalue weighted by atomic mass is 9.96. The molecule has 0 saturated heterocycles. The highest BCUT2D eigenvalue weighted by Gasteiger charge is 2.38. The van der Waals surface area contributed by atoms with Gasteiger partial charge in [0, 0.05) is 23.8 Å². The molecule has 2 aliphatic rings. The molecule has 7 nitrogen and oxygen atoms in total. The summed E-state index contributed by atoms with van der Waals surface area (Å²) in [5, 5.41) is 5.96. The van der Waals surface area contributed by atoms with E-state index in [0.29, 0.717) is 12.1 Å². The van der Waals surface area contributed by atoms with E-state index < -0.39 is 12.0 Å². The van der Waals surface area contributed by atoms with E-state index in [0.717, 1.165) is 35.2 Å². The molecule has 180 valence electrons. The summed E-state index contributed by atoms with van der Waals surface area (Å²) >= 11 is 0. The Kier molecular flexibility index (Phi) is 7.20. The van der Waals surface area contributed by atoms with Crippen molar-refractivity contribution < 1.29 is 19.1 Å². The maximum Gasteiger partial charge on any atom is 0.328 e. The lowest BCUT2D eigenvalue weighted by Gasteiger charge is -2.28. The van der Waals surface area contributed by atoms with E-state index in [4.69, 9.17) is 4.74 Å². The van der Waals surface area contributed by atoms with Gasteiger partial charge in [-0.1, -0.05) is 57.4 Å².